The van der Waals surface area contributed by atoms with Crippen LogP contribution in [-0.2, 0) is 0 Å². The highest BCUT2D eigenvalue weighted by Gasteiger charge is 2.20. The summed E-state index contributed by atoms with van der Waals surface area (Å²) in [7, 11) is 0. The Morgan fingerprint density at radius 3 is 1.94 bits per heavy atom. The van der Waals surface area contributed by atoms with Gasteiger partial charge < -0.3 is 4.42 Å². The molecule has 9 aromatic rings. The molecule has 0 radical (unpaired) electrons. The quantitative estimate of drug-likeness (QED) is 0.189. The average Bonchev–Trinajstić information content (AvgIpc) is 3.61. The van der Waals surface area contributed by atoms with E-state index in [0.29, 0.717) is 17.5 Å². The first-order valence-corrected chi connectivity index (χ1v) is 17.4. The maximum absolute atomic E-state index is 8.58. The molecule has 6 nitrogen and oxygen atoms in total. The molecule has 1 aliphatic rings. The molecule has 6 heteroatoms. The van der Waals surface area contributed by atoms with E-state index in [2.05, 4.69) is 78.9 Å². The van der Waals surface area contributed by atoms with Crippen LogP contribution in [0.1, 0.15) is 11.1 Å². The Kier molecular flexibility index (Phi) is 7.01. The minimum atomic E-state index is 0.224. The molecule has 53 heavy (non-hydrogen) atoms. The Bertz CT molecular complexity index is 2980. The van der Waals surface area contributed by atoms with Crippen molar-refractivity contribution in [2.45, 2.75) is 0 Å². The first-order valence-electron chi connectivity index (χ1n) is 17.4. The van der Waals surface area contributed by atoms with Crippen molar-refractivity contribution in [2.24, 2.45) is 0 Å². The number of furan rings is 1. The minimum Gasteiger partial charge on any atom is -0.456 e. The van der Waals surface area contributed by atoms with Crippen molar-refractivity contribution in [3.05, 3.63) is 169 Å². The molecule has 0 amide bonds. The summed E-state index contributed by atoms with van der Waals surface area (Å²) < 4.78 is 6.24. The molecule has 248 valence electrons. The van der Waals surface area contributed by atoms with Gasteiger partial charge in [0, 0.05) is 33.0 Å². The second-order valence-electron chi connectivity index (χ2n) is 13.2. The van der Waals surface area contributed by atoms with Crippen LogP contribution in [0.5, 0.6) is 0 Å². The monoisotopic (exact) mass is 679 g/mol. The van der Waals surface area contributed by atoms with E-state index in [0.717, 1.165) is 82.8 Å². The van der Waals surface area contributed by atoms with Gasteiger partial charge in [0.2, 0.25) is 0 Å². The molecule has 0 fully saturated rings. The van der Waals surface area contributed by atoms with Crippen molar-refractivity contribution in [2.75, 3.05) is 0 Å². The topological polar surface area (TPSA) is 99.5 Å². The lowest BCUT2D eigenvalue weighted by molar-refractivity contribution is 0.669. The van der Waals surface area contributed by atoms with Crippen LogP contribution in [0.2, 0.25) is 0 Å². The van der Waals surface area contributed by atoms with Gasteiger partial charge in [0.15, 0.2) is 17.5 Å². The fourth-order valence-corrected chi connectivity index (χ4v) is 7.33. The number of nitrogens with zero attached hydrogens (tertiary/aromatic N) is 3. The second kappa shape index (κ2) is 12.2. The van der Waals surface area contributed by atoms with E-state index in [1.54, 1.807) is 6.08 Å². The fourth-order valence-electron chi connectivity index (χ4n) is 7.33. The number of hydrogen-bond acceptors (Lipinski definition) is 6. The summed E-state index contributed by atoms with van der Waals surface area (Å²) in [5.74, 6) is 1.71. The Hall–Kier alpha value is -7.31. The fraction of sp³-hybridized carbons (Fsp3) is 0. The van der Waals surface area contributed by atoms with E-state index < -0.39 is 0 Å². The molecule has 0 unspecified atom stereocenters. The predicted octanol–water partition coefficient (Wildman–Crippen LogP) is 11.7. The molecule has 0 spiro atoms. The van der Waals surface area contributed by atoms with E-state index in [4.69, 9.17) is 30.2 Å². The minimum absolute atomic E-state index is 0.224. The van der Waals surface area contributed by atoms with Crippen LogP contribution in [0.25, 0.3) is 95.2 Å². The molecule has 0 saturated heterocycles. The maximum Gasteiger partial charge on any atom is 0.164 e. The summed E-state index contributed by atoms with van der Waals surface area (Å²) in [4.78, 5) is 15.3. The summed E-state index contributed by atoms with van der Waals surface area (Å²) in [5, 5.41) is 20.7. The second-order valence-corrected chi connectivity index (χ2v) is 13.2. The average molecular weight is 680 g/mol. The van der Waals surface area contributed by atoms with Crippen molar-refractivity contribution in [3.63, 3.8) is 0 Å². The number of nitrogens with one attached hydrogen (secondary N) is 2. The molecule has 2 N–H and O–H groups in total. The molecular formula is C47H29N5O. The number of fused-ring (bicyclic) bond motifs is 6. The number of allylic oxidation sites excluding steroid dienone is 1. The van der Waals surface area contributed by atoms with Crippen molar-refractivity contribution in [3.8, 4) is 56.4 Å². The van der Waals surface area contributed by atoms with Crippen LogP contribution in [0.4, 0.5) is 0 Å². The van der Waals surface area contributed by atoms with Crippen LogP contribution < -0.4 is 0 Å². The van der Waals surface area contributed by atoms with Gasteiger partial charge in [-0.25, -0.2) is 15.0 Å². The Labute approximate surface area is 304 Å². The lowest BCUT2D eigenvalue weighted by atomic mass is 9.88. The van der Waals surface area contributed by atoms with E-state index >= 15 is 0 Å². The van der Waals surface area contributed by atoms with Gasteiger partial charge in [0.05, 0.1) is 11.4 Å². The highest BCUT2D eigenvalue weighted by molar-refractivity contribution is 6.53. The summed E-state index contributed by atoms with van der Waals surface area (Å²) >= 11 is 0. The normalized spacial score (nSPS) is 12.5. The Balaban J connectivity index is 1.12. The lowest BCUT2D eigenvalue weighted by Crippen LogP contribution is -2.16. The Morgan fingerprint density at radius 1 is 0.434 bits per heavy atom. The molecule has 0 atom stereocenters. The van der Waals surface area contributed by atoms with Gasteiger partial charge in [-0.2, -0.15) is 0 Å². The highest BCUT2D eigenvalue weighted by Crippen LogP contribution is 2.37. The van der Waals surface area contributed by atoms with E-state index in [-0.39, 0.29) is 11.4 Å². The van der Waals surface area contributed by atoms with E-state index in [1.165, 1.54) is 0 Å². The molecule has 10 rings (SSSR count). The lowest BCUT2D eigenvalue weighted by Gasteiger charge is -2.16. The zero-order valence-electron chi connectivity index (χ0n) is 28.3. The van der Waals surface area contributed by atoms with Crippen molar-refractivity contribution >= 4 is 50.2 Å². The summed E-state index contributed by atoms with van der Waals surface area (Å²) in [6.45, 7) is 0. The van der Waals surface area contributed by atoms with Crippen LogP contribution in [0, 0.1) is 10.8 Å². The van der Waals surface area contributed by atoms with Gasteiger partial charge >= 0.3 is 0 Å². The van der Waals surface area contributed by atoms with Gasteiger partial charge in [-0.15, -0.1) is 0 Å². The summed E-state index contributed by atoms with van der Waals surface area (Å²) in [5.41, 5.74) is 10.8. The van der Waals surface area contributed by atoms with Gasteiger partial charge in [-0.05, 0) is 68.9 Å². The first kappa shape index (κ1) is 30.5. The SMILES string of the molecule is N=C1C=Cc2ccc3cc(-c4cccc(-c5nc(-c6ccc(-c7ccccc7)cc6)nc(-c6cccc7oc8ccccc8c67)n5)c4)ccc3c2C1=N. The molecule has 0 bridgehead atoms. The predicted molar refractivity (Wildman–Crippen MR) is 215 cm³/mol. The third-order valence-electron chi connectivity index (χ3n) is 9.98. The van der Waals surface area contributed by atoms with Gasteiger partial charge in [-0.1, -0.05) is 133 Å². The number of hydrogen-bond donors (Lipinski definition) is 2. The summed E-state index contributed by atoms with van der Waals surface area (Å²) in [6, 6.07) is 51.4. The maximum atomic E-state index is 8.58. The number of rotatable bonds is 5. The van der Waals surface area contributed by atoms with Crippen LogP contribution >= 0.6 is 0 Å². The zero-order valence-corrected chi connectivity index (χ0v) is 28.3. The zero-order chi connectivity index (χ0) is 35.5. The first-order chi connectivity index (χ1) is 26.1. The van der Waals surface area contributed by atoms with Gasteiger partial charge in [0.1, 0.15) is 11.2 Å². The van der Waals surface area contributed by atoms with Crippen LogP contribution in [-0.4, -0.2) is 26.4 Å². The van der Waals surface area contributed by atoms with Gasteiger partial charge in [-0.3, -0.25) is 10.8 Å². The molecule has 1 aliphatic carbocycles. The summed E-state index contributed by atoms with van der Waals surface area (Å²) in [6.07, 6.45) is 3.60. The Morgan fingerprint density at radius 2 is 1.08 bits per heavy atom. The van der Waals surface area contributed by atoms with Crippen molar-refractivity contribution in [1.82, 2.24) is 15.0 Å². The van der Waals surface area contributed by atoms with Crippen LogP contribution in [0.3, 0.4) is 0 Å². The van der Waals surface area contributed by atoms with Crippen molar-refractivity contribution in [1.29, 1.82) is 10.8 Å². The van der Waals surface area contributed by atoms with Crippen LogP contribution in [0.15, 0.2) is 162 Å². The molecule has 2 heterocycles. The smallest absolute Gasteiger partial charge is 0.164 e. The van der Waals surface area contributed by atoms with Gasteiger partial charge in [0.25, 0.3) is 0 Å². The van der Waals surface area contributed by atoms with E-state index in [9.17, 15) is 0 Å². The van der Waals surface area contributed by atoms with Crippen molar-refractivity contribution < 1.29 is 4.42 Å². The standard InChI is InChI=1S/C47H29N5O/c48-39-25-23-30-18-21-34-26-33(22-24-36(34)42(30)44(39)49)32-10-6-11-35(27-32)46-50-45(31-19-16-29(17-20-31)28-8-2-1-3-9-28)51-47(52-46)38-13-7-15-41-43(38)37-12-4-5-14-40(37)53-41/h1-27,48-49H. The largest absolute Gasteiger partial charge is 0.456 e. The molecule has 7 aromatic carbocycles. The third kappa shape index (κ3) is 5.24. The highest BCUT2D eigenvalue weighted by atomic mass is 16.3. The number of para-hydroxylation sites is 1. The molecule has 0 saturated carbocycles. The van der Waals surface area contributed by atoms with E-state index in [1.807, 2.05) is 78.9 Å². The molecule has 0 aliphatic heterocycles. The third-order valence-corrected chi connectivity index (χ3v) is 9.98. The molecular weight excluding hydrogens is 651 g/mol. The molecule has 2 aromatic heterocycles. The number of benzene rings is 7. The number of aromatic nitrogens is 3.